The van der Waals surface area contributed by atoms with Crippen molar-refractivity contribution >= 4 is 72.2 Å². The molecule has 596 valence electrons. The van der Waals surface area contributed by atoms with Gasteiger partial charge in [0, 0.05) is 105 Å². The van der Waals surface area contributed by atoms with Crippen molar-refractivity contribution in [2.75, 3.05) is 98.5 Å². The van der Waals surface area contributed by atoms with Crippen LogP contribution in [0.2, 0.25) is 0 Å². The maximum Gasteiger partial charge on any atom is 0.407 e. The number of allylic oxidation sites excluding steroid dienone is 3. The lowest BCUT2D eigenvalue weighted by atomic mass is 10.1. The number of nitrogens with zero attached hydrogens (tertiary/aromatic N) is 3. The number of benzene rings is 6. The Bertz CT molecular complexity index is 3960. The van der Waals surface area contributed by atoms with E-state index in [1.54, 1.807) is 112 Å². The van der Waals surface area contributed by atoms with Crippen LogP contribution in [0.15, 0.2) is 164 Å². The molecule has 7 amide bonds. The number of rotatable bonds is 22. The average Bonchev–Trinajstić information content (AvgIpc) is 0.878. The second-order valence-corrected chi connectivity index (χ2v) is 25.3. The van der Waals surface area contributed by atoms with Gasteiger partial charge < -0.3 is 51.7 Å². The Morgan fingerprint density at radius 2 is 0.694 bits per heavy atom. The molecule has 111 heavy (non-hydrogen) atoms. The number of hydroxylamine groups is 3. The molecule has 0 spiro atoms. The number of morpholine rings is 3. The van der Waals surface area contributed by atoms with Crippen LogP contribution in [0.1, 0.15) is 132 Å². The van der Waals surface area contributed by atoms with E-state index in [0.717, 1.165) is 132 Å². The van der Waals surface area contributed by atoms with Crippen LogP contribution in [-0.2, 0) is 53.0 Å². The number of carbonyl (C=O) groups is 7. The van der Waals surface area contributed by atoms with Crippen LogP contribution in [-0.4, -0.2) is 194 Å². The van der Waals surface area contributed by atoms with Crippen molar-refractivity contribution < 1.29 is 68.1 Å². The molecule has 3 aliphatic rings. The van der Waals surface area contributed by atoms with Gasteiger partial charge in [0.05, 0.1) is 46.2 Å². The molecule has 3 saturated heterocycles. The second-order valence-electron chi connectivity index (χ2n) is 25.3. The molecule has 3 heterocycles. The summed E-state index contributed by atoms with van der Waals surface area (Å²) < 4.78 is 21.3. The number of ether oxygens (including phenoxy) is 4. The fourth-order valence-corrected chi connectivity index (χ4v) is 10.3. The van der Waals surface area contributed by atoms with Gasteiger partial charge in [-0.15, -0.1) is 12.4 Å². The van der Waals surface area contributed by atoms with E-state index in [1.807, 2.05) is 54.6 Å². The average molecular weight is 1550 g/mol. The largest absolute Gasteiger partial charge is 0.444 e. The topological polar surface area (TPSA) is 363 Å². The first-order chi connectivity index (χ1) is 51.3. The van der Waals surface area contributed by atoms with Crippen LogP contribution in [0.25, 0.3) is 18.2 Å². The number of alkyl carbamates (subject to hydrolysis) is 1. The molecule has 9 rings (SSSR count). The summed E-state index contributed by atoms with van der Waals surface area (Å²) in [7, 11) is 0. The molecule has 0 aliphatic carbocycles. The predicted molar refractivity (Wildman–Crippen MR) is 435 cm³/mol. The van der Waals surface area contributed by atoms with Gasteiger partial charge >= 0.3 is 6.09 Å². The fraction of sp³-hybridized carbons (Fsp3) is 0.345. The van der Waals surface area contributed by atoms with E-state index < -0.39 is 65.3 Å². The summed E-state index contributed by atoms with van der Waals surface area (Å²) in [5.41, 5.74) is 24.8. The molecule has 6 aromatic carbocycles. The normalized spacial score (nSPS) is 14.1. The van der Waals surface area contributed by atoms with Crippen LogP contribution in [0.3, 0.4) is 0 Å². The highest BCUT2D eigenvalue weighted by molar-refractivity contribution is 5.99. The monoisotopic (exact) mass is 1540 g/mol. The van der Waals surface area contributed by atoms with E-state index in [2.05, 4.69) is 108 Å². The third-order valence-electron chi connectivity index (χ3n) is 16.2. The molecular formula is C84H109ClN12O14. The van der Waals surface area contributed by atoms with Crippen molar-refractivity contribution in [1.82, 2.24) is 52.4 Å². The Labute approximate surface area is 659 Å². The van der Waals surface area contributed by atoms with Gasteiger partial charge in [0.2, 0.25) is 0 Å². The predicted octanol–water partition coefficient (Wildman–Crippen LogP) is 7.97. The molecule has 6 aromatic rings. The van der Waals surface area contributed by atoms with Crippen molar-refractivity contribution in [3.05, 3.63) is 231 Å². The molecule has 0 bridgehead atoms. The number of hydrogen-bond acceptors (Lipinski definition) is 19. The number of nitrogens with one attached hydrogen (secondary N) is 7. The molecular weight excluding hydrogens is 1440 g/mol. The van der Waals surface area contributed by atoms with Crippen LogP contribution >= 0.6 is 12.4 Å². The highest BCUT2D eigenvalue weighted by atomic mass is 35.5. The number of amides is 7. The minimum Gasteiger partial charge on any atom is -0.444 e. The summed E-state index contributed by atoms with van der Waals surface area (Å²) in [6.07, 6.45) is 10.0. The van der Waals surface area contributed by atoms with Crippen molar-refractivity contribution in [1.29, 1.82) is 0 Å². The molecule has 0 unspecified atom stereocenters. The van der Waals surface area contributed by atoms with Gasteiger partial charge in [0.15, 0.2) is 0 Å². The second kappa shape index (κ2) is 52.3. The Morgan fingerprint density at radius 3 is 0.946 bits per heavy atom. The van der Waals surface area contributed by atoms with Gasteiger partial charge in [-0.3, -0.25) is 59.1 Å². The fourth-order valence-electron chi connectivity index (χ4n) is 10.3. The Morgan fingerprint density at radius 1 is 0.432 bits per heavy atom. The molecule has 3 aliphatic heterocycles. The van der Waals surface area contributed by atoms with E-state index >= 15 is 0 Å². The van der Waals surface area contributed by atoms with Gasteiger partial charge in [-0.1, -0.05) is 138 Å². The van der Waals surface area contributed by atoms with Gasteiger partial charge in [-0.25, -0.2) is 21.2 Å². The minimum atomic E-state index is -1.21. The van der Waals surface area contributed by atoms with Gasteiger partial charge in [0.25, 0.3) is 35.4 Å². The zero-order valence-corrected chi connectivity index (χ0v) is 60.8. The summed E-state index contributed by atoms with van der Waals surface area (Å²) in [5.74, 6) is 14.5. The smallest absolute Gasteiger partial charge is 0.407 e. The van der Waals surface area contributed by atoms with Crippen LogP contribution < -0.4 is 49.2 Å². The van der Waals surface area contributed by atoms with E-state index in [9.17, 15) is 33.6 Å². The number of carbonyl (C=O) groups excluding carboxylic acids is 7. The van der Waals surface area contributed by atoms with E-state index in [0.29, 0.717) is 16.7 Å². The molecule has 0 aromatic heterocycles. The molecule has 26 nitrogen and oxygen atoms in total. The van der Waals surface area contributed by atoms with Crippen molar-refractivity contribution in [3.63, 3.8) is 0 Å². The summed E-state index contributed by atoms with van der Waals surface area (Å²) in [5, 5.41) is 36.2. The quantitative estimate of drug-likeness (QED) is 0.0174. The summed E-state index contributed by atoms with van der Waals surface area (Å²) in [6, 6.07) is 41.8. The molecule has 0 radical (unpaired) electrons. The first-order valence-electron chi connectivity index (χ1n) is 34.4. The molecule has 14 N–H and O–H groups in total. The zero-order chi connectivity index (χ0) is 75.9. The van der Waals surface area contributed by atoms with Crippen molar-refractivity contribution in [2.45, 2.75) is 93.8 Å². The lowest BCUT2D eigenvalue weighted by molar-refractivity contribution is -0.131. The van der Waals surface area contributed by atoms with Crippen molar-refractivity contribution in [2.24, 2.45) is 11.5 Å². The maximum atomic E-state index is 12.6. The van der Waals surface area contributed by atoms with Crippen LogP contribution in [0, 0.1) is 35.5 Å². The maximum absolute atomic E-state index is 12.6. The molecule has 3 atom stereocenters. The van der Waals surface area contributed by atoms with Crippen molar-refractivity contribution in [3.8, 4) is 35.5 Å². The van der Waals surface area contributed by atoms with E-state index in [4.69, 9.17) is 46.0 Å². The van der Waals surface area contributed by atoms with Crippen LogP contribution in [0.4, 0.5) is 4.79 Å². The SMILES string of the molecule is C.C.C.C.CC(C)(C)OC(=O)NC[C@H](NC(=O)c1ccc(C=CC#Cc2ccc(CN3CCOCC3)cc2)cc1)C(=O)NO.Cl.NC[C@H](NC(=O)c1ccc(/C=C/C#Cc2ccc(CN3CCOCC3)cc2)cc1)C(=O)NO.NC[C@H](NC(=O)c1ccc(/C=C\C#Cc2ccc(CN3CCOCC3)cc2)cc1)C(=O)NO. The minimum absolute atomic E-state index is 0. The summed E-state index contributed by atoms with van der Waals surface area (Å²) in [4.78, 5) is 90.9. The Hall–Kier alpha value is -10.8. The first-order valence-corrected chi connectivity index (χ1v) is 34.4. The number of nitrogens with two attached hydrogens (primary N) is 2. The number of hydrogen-bond donors (Lipinski definition) is 12. The Balaban J connectivity index is 0.000000556. The van der Waals surface area contributed by atoms with Crippen LogP contribution in [0.5, 0.6) is 0 Å². The Kier molecular flexibility index (Phi) is 45.3. The summed E-state index contributed by atoms with van der Waals surface area (Å²) in [6.45, 7) is 17.8. The molecule has 0 saturated carbocycles. The number of halogens is 1. The van der Waals surface area contributed by atoms with Gasteiger partial charge in [-0.2, -0.15) is 0 Å². The highest BCUT2D eigenvalue weighted by Crippen LogP contribution is 2.15. The highest BCUT2D eigenvalue weighted by Gasteiger charge is 2.25. The molecule has 27 heteroatoms. The van der Waals surface area contributed by atoms with E-state index in [1.165, 1.54) is 33.1 Å². The lowest BCUT2D eigenvalue weighted by Crippen LogP contribution is -2.52. The summed E-state index contributed by atoms with van der Waals surface area (Å²) >= 11 is 0. The third kappa shape index (κ3) is 35.6. The standard InChI is InChI=1S/C30H36N4O6.2C25H28N4O4.4CH4.ClH/c1-30(2,3)40-29(37)31-20-26(28(36)33-38)32-27(35)25-14-12-23(13-15-25)7-5-4-6-22-8-10-24(11-9-22)21-34-16-18-39-19-17-34;2*26-17-23(25(31)28-32)27-24(30)22-11-9-20(10-12-22)4-2-1-3-19-5-7-21(8-6-19)18-29-13-15-33-16-14-29;;;;;/h5,7-15,26,38H,16-21H2,1-3H3,(H,31,37)(H,32,35)(H,33,36);2*2,4-12,23,32H,13-18,26H2,(H,27,30)(H,28,31);4*1H4;1H/b;4-2+;4-2-;;;;;/t26-;2*23-;;;;;/m000...../s1. The zero-order valence-electron chi connectivity index (χ0n) is 60.0. The molecule has 3 fully saturated rings. The third-order valence-corrected chi connectivity index (χ3v) is 16.2. The van der Waals surface area contributed by atoms with Gasteiger partial charge in [-0.05, 0) is 163 Å². The first kappa shape index (κ1) is 96.2. The van der Waals surface area contributed by atoms with Gasteiger partial charge in [0.1, 0.15) is 23.7 Å². The lowest BCUT2D eigenvalue weighted by Gasteiger charge is -2.26. The van der Waals surface area contributed by atoms with E-state index in [-0.39, 0.29) is 61.7 Å².